The standard InChI is InChI=1S/C12H22N4/c1-10(13)12-3-5-16(6-4-12)9-11-7-14-15(2)8-11/h7-8,10,12H,3-6,9,13H2,1-2H3. The highest BCUT2D eigenvalue weighted by Crippen LogP contribution is 2.20. The summed E-state index contributed by atoms with van der Waals surface area (Å²) in [6.45, 7) is 5.49. The molecule has 1 aliphatic heterocycles. The molecule has 0 amide bonds. The normalized spacial score (nSPS) is 21.2. The molecular weight excluding hydrogens is 200 g/mol. The van der Waals surface area contributed by atoms with Crippen LogP contribution in [0.15, 0.2) is 12.4 Å². The maximum absolute atomic E-state index is 5.94. The third kappa shape index (κ3) is 2.83. The first-order chi connectivity index (χ1) is 7.65. The molecule has 1 unspecified atom stereocenters. The fourth-order valence-corrected chi connectivity index (χ4v) is 2.45. The lowest BCUT2D eigenvalue weighted by molar-refractivity contribution is 0.165. The van der Waals surface area contributed by atoms with E-state index in [-0.39, 0.29) is 0 Å². The number of aromatic nitrogens is 2. The van der Waals surface area contributed by atoms with Gasteiger partial charge in [0.05, 0.1) is 6.20 Å². The Balaban J connectivity index is 1.81. The third-order valence-electron chi connectivity index (χ3n) is 3.54. The van der Waals surface area contributed by atoms with E-state index >= 15 is 0 Å². The molecule has 1 aliphatic rings. The molecule has 2 heterocycles. The van der Waals surface area contributed by atoms with Crippen LogP contribution in [-0.2, 0) is 13.6 Å². The molecule has 1 fully saturated rings. The summed E-state index contributed by atoms with van der Waals surface area (Å²) in [6, 6.07) is 0.348. The lowest BCUT2D eigenvalue weighted by Crippen LogP contribution is -2.39. The fourth-order valence-electron chi connectivity index (χ4n) is 2.45. The zero-order valence-corrected chi connectivity index (χ0v) is 10.3. The van der Waals surface area contributed by atoms with Gasteiger partial charge < -0.3 is 5.73 Å². The summed E-state index contributed by atoms with van der Waals surface area (Å²) in [6.07, 6.45) is 6.52. The van der Waals surface area contributed by atoms with Gasteiger partial charge >= 0.3 is 0 Å². The summed E-state index contributed by atoms with van der Waals surface area (Å²) >= 11 is 0. The van der Waals surface area contributed by atoms with Crippen molar-refractivity contribution in [2.24, 2.45) is 18.7 Å². The summed E-state index contributed by atoms with van der Waals surface area (Å²) in [5.74, 6) is 0.713. The number of hydrogen-bond acceptors (Lipinski definition) is 3. The molecule has 0 aliphatic carbocycles. The summed E-state index contributed by atoms with van der Waals surface area (Å²) in [5.41, 5.74) is 7.24. The minimum atomic E-state index is 0.348. The number of nitrogens with two attached hydrogens (primary N) is 1. The van der Waals surface area contributed by atoms with Gasteiger partial charge in [0, 0.05) is 31.4 Å². The molecule has 4 heteroatoms. The second-order valence-corrected chi connectivity index (χ2v) is 4.99. The van der Waals surface area contributed by atoms with Crippen LogP contribution in [0.3, 0.4) is 0 Å². The molecule has 2 N–H and O–H groups in total. The second kappa shape index (κ2) is 4.97. The number of hydrogen-bond donors (Lipinski definition) is 1. The molecule has 1 atom stereocenters. The van der Waals surface area contributed by atoms with Crippen LogP contribution in [-0.4, -0.2) is 33.8 Å². The Morgan fingerprint density at radius 1 is 1.50 bits per heavy atom. The molecule has 1 aromatic rings. The lowest BCUT2D eigenvalue weighted by atomic mass is 9.91. The van der Waals surface area contributed by atoms with Crippen LogP contribution in [0.4, 0.5) is 0 Å². The molecule has 2 rings (SSSR count). The maximum atomic E-state index is 5.94. The van der Waals surface area contributed by atoms with Crippen molar-refractivity contribution in [2.75, 3.05) is 13.1 Å². The summed E-state index contributed by atoms with van der Waals surface area (Å²) < 4.78 is 1.87. The molecule has 0 radical (unpaired) electrons. The van der Waals surface area contributed by atoms with Crippen LogP contribution >= 0.6 is 0 Å². The monoisotopic (exact) mass is 222 g/mol. The molecule has 1 saturated heterocycles. The quantitative estimate of drug-likeness (QED) is 0.829. The Labute approximate surface area is 97.4 Å². The van der Waals surface area contributed by atoms with E-state index in [9.17, 15) is 0 Å². The number of aryl methyl sites for hydroxylation is 1. The van der Waals surface area contributed by atoms with Gasteiger partial charge in [-0.2, -0.15) is 5.10 Å². The van der Waals surface area contributed by atoms with Crippen LogP contribution < -0.4 is 5.73 Å². The number of rotatable bonds is 3. The van der Waals surface area contributed by atoms with Crippen LogP contribution in [0.1, 0.15) is 25.3 Å². The molecule has 0 aromatic carbocycles. The highest BCUT2D eigenvalue weighted by molar-refractivity contribution is 5.03. The number of likely N-dealkylation sites (tertiary alicyclic amines) is 1. The topological polar surface area (TPSA) is 47.1 Å². The van der Waals surface area contributed by atoms with Gasteiger partial charge in [-0.1, -0.05) is 0 Å². The summed E-state index contributed by atoms with van der Waals surface area (Å²) in [5, 5.41) is 4.20. The van der Waals surface area contributed by atoms with E-state index in [4.69, 9.17) is 5.73 Å². The Kier molecular flexibility index (Phi) is 3.61. The Morgan fingerprint density at radius 2 is 2.19 bits per heavy atom. The smallest absolute Gasteiger partial charge is 0.0534 e. The van der Waals surface area contributed by atoms with Crippen molar-refractivity contribution in [2.45, 2.75) is 32.4 Å². The SMILES string of the molecule is CC(N)C1CCN(Cc2cnn(C)c2)CC1. The largest absolute Gasteiger partial charge is 0.328 e. The van der Waals surface area contributed by atoms with Gasteiger partial charge in [0.2, 0.25) is 0 Å². The van der Waals surface area contributed by atoms with Gasteiger partial charge in [0.15, 0.2) is 0 Å². The molecule has 0 saturated carbocycles. The summed E-state index contributed by atoms with van der Waals surface area (Å²) in [4.78, 5) is 2.50. The molecule has 4 nitrogen and oxygen atoms in total. The van der Waals surface area contributed by atoms with E-state index in [0.717, 1.165) is 6.54 Å². The van der Waals surface area contributed by atoms with Crippen molar-refractivity contribution in [1.82, 2.24) is 14.7 Å². The van der Waals surface area contributed by atoms with Crippen LogP contribution in [0.25, 0.3) is 0 Å². The van der Waals surface area contributed by atoms with E-state index < -0.39 is 0 Å². The van der Waals surface area contributed by atoms with E-state index in [1.54, 1.807) is 0 Å². The first-order valence-corrected chi connectivity index (χ1v) is 6.10. The summed E-state index contributed by atoms with van der Waals surface area (Å²) in [7, 11) is 1.96. The first kappa shape index (κ1) is 11.6. The average molecular weight is 222 g/mol. The average Bonchev–Trinajstić information content (AvgIpc) is 2.65. The lowest BCUT2D eigenvalue weighted by Gasteiger charge is -2.33. The minimum absolute atomic E-state index is 0.348. The van der Waals surface area contributed by atoms with Crippen molar-refractivity contribution in [3.8, 4) is 0 Å². The Hall–Kier alpha value is -0.870. The van der Waals surface area contributed by atoms with Gasteiger partial charge in [-0.15, -0.1) is 0 Å². The van der Waals surface area contributed by atoms with E-state index in [1.807, 2.05) is 17.9 Å². The van der Waals surface area contributed by atoms with Crippen molar-refractivity contribution in [3.05, 3.63) is 18.0 Å². The van der Waals surface area contributed by atoms with E-state index in [0.29, 0.717) is 12.0 Å². The van der Waals surface area contributed by atoms with Crippen LogP contribution in [0, 0.1) is 5.92 Å². The van der Waals surface area contributed by atoms with E-state index in [1.165, 1.54) is 31.5 Å². The maximum Gasteiger partial charge on any atom is 0.0534 e. The van der Waals surface area contributed by atoms with E-state index in [2.05, 4.69) is 23.1 Å². The second-order valence-electron chi connectivity index (χ2n) is 4.99. The fraction of sp³-hybridized carbons (Fsp3) is 0.750. The number of nitrogens with zero attached hydrogens (tertiary/aromatic N) is 3. The number of piperidine rings is 1. The molecular formula is C12H22N4. The van der Waals surface area contributed by atoms with Gasteiger partial charge in [-0.05, 0) is 38.8 Å². The first-order valence-electron chi connectivity index (χ1n) is 6.10. The van der Waals surface area contributed by atoms with Gasteiger partial charge in [0.25, 0.3) is 0 Å². The van der Waals surface area contributed by atoms with Crippen LogP contribution in [0.5, 0.6) is 0 Å². The van der Waals surface area contributed by atoms with Gasteiger partial charge in [0.1, 0.15) is 0 Å². The van der Waals surface area contributed by atoms with Crippen LogP contribution in [0.2, 0.25) is 0 Å². The minimum Gasteiger partial charge on any atom is -0.328 e. The van der Waals surface area contributed by atoms with Crippen molar-refractivity contribution >= 4 is 0 Å². The molecule has 1 aromatic heterocycles. The van der Waals surface area contributed by atoms with Gasteiger partial charge in [-0.25, -0.2) is 0 Å². The molecule has 16 heavy (non-hydrogen) atoms. The van der Waals surface area contributed by atoms with Gasteiger partial charge in [-0.3, -0.25) is 9.58 Å². The molecule has 90 valence electrons. The van der Waals surface area contributed by atoms with Crippen molar-refractivity contribution < 1.29 is 0 Å². The zero-order chi connectivity index (χ0) is 11.5. The van der Waals surface area contributed by atoms with Crippen molar-refractivity contribution in [3.63, 3.8) is 0 Å². The Bertz CT molecular complexity index is 324. The predicted octanol–water partition coefficient (Wildman–Crippen LogP) is 0.979. The molecule has 0 spiro atoms. The third-order valence-corrected chi connectivity index (χ3v) is 3.54. The zero-order valence-electron chi connectivity index (χ0n) is 10.3. The Morgan fingerprint density at radius 3 is 2.69 bits per heavy atom. The molecule has 0 bridgehead atoms. The van der Waals surface area contributed by atoms with Crippen molar-refractivity contribution in [1.29, 1.82) is 0 Å². The predicted molar refractivity (Wildman–Crippen MR) is 64.9 cm³/mol. The highest BCUT2D eigenvalue weighted by atomic mass is 15.2. The highest BCUT2D eigenvalue weighted by Gasteiger charge is 2.21.